The van der Waals surface area contributed by atoms with Gasteiger partial charge in [-0.2, -0.15) is 4.98 Å². The lowest BCUT2D eigenvalue weighted by atomic mass is 10.2. The summed E-state index contributed by atoms with van der Waals surface area (Å²) in [5, 5.41) is 4.07. The molecule has 3 aromatic rings. The average molecular weight is 398 g/mol. The highest BCUT2D eigenvalue weighted by molar-refractivity contribution is 7.88. The van der Waals surface area contributed by atoms with E-state index in [-0.39, 0.29) is 17.8 Å². The fourth-order valence-corrected chi connectivity index (χ4v) is 4.93. The summed E-state index contributed by atoms with van der Waals surface area (Å²) in [7, 11) is -1.50. The highest BCUT2D eigenvalue weighted by Gasteiger charge is 2.36. The molecule has 0 amide bonds. The second-order valence-electron chi connectivity index (χ2n) is 7.07. The maximum Gasteiger partial charge on any atom is 0.244 e. The number of likely N-dealkylation sites (tertiary alicyclic amines) is 1. The summed E-state index contributed by atoms with van der Waals surface area (Å²) >= 11 is 0. The van der Waals surface area contributed by atoms with Crippen LogP contribution in [0.5, 0.6) is 0 Å². The van der Waals surface area contributed by atoms with Crippen LogP contribution < -0.4 is 4.72 Å². The van der Waals surface area contributed by atoms with Gasteiger partial charge >= 0.3 is 0 Å². The first-order valence-electron chi connectivity index (χ1n) is 9.13. The van der Waals surface area contributed by atoms with Crippen LogP contribution in [0.15, 0.2) is 65.2 Å². The van der Waals surface area contributed by atoms with Crippen LogP contribution in [0.1, 0.15) is 23.9 Å². The van der Waals surface area contributed by atoms with Gasteiger partial charge in [-0.05, 0) is 19.0 Å². The standard InChI is InChI=1S/C20H22N4O3S/c1-24-13-17(23-28(25,26)14-15-8-4-2-5-9-15)12-18(24)20-21-19(22-27-20)16-10-6-3-7-11-16/h2-11,17-18,23H,12-14H2,1H3/t17-,18-/m0/s1. The van der Waals surface area contributed by atoms with Crippen molar-refractivity contribution in [1.82, 2.24) is 19.8 Å². The van der Waals surface area contributed by atoms with E-state index in [9.17, 15) is 8.42 Å². The van der Waals surface area contributed by atoms with Gasteiger partial charge in [0.05, 0.1) is 11.8 Å². The molecular formula is C20H22N4O3S. The van der Waals surface area contributed by atoms with Crippen LogP contribution in [0, 0.1) is 0 Å². The molecule has 2 heterocycles. The van der Waals surface area contributed by atoms with Gasteiger partial charge in [0, 0.05) is 18.2 Å². The van der Waals surface area contributed by atoms with E-state index in [4.69, 9.17) is 4.52 Å². The Labute approximate surface area is 164 Å². The quantitative estimate of drug-likeness (QED) is 0.687. The number of rotatable bonds is 6. The highest BCUT2D eigenvalue weighted by atomic mass is 32.2. The van der Waals surface area contributed by atoms with Crippen LogP contribution >= 0.6 is 0 Å². The molecule has 0 unspecified atom stereocenters. The van der Waals surface area contributed by atoms with Crippen LogP contribution in [0.2, 0.25) is 0 Å². The minimum absolute atomic E-state index is 0.0303. The fraction of sp³-hybridized carbons (Fsp3) is 0.300. The van der Waals surface area contributed by atoms with E-state index in [1.807, 2.05) is 72.6 Å². The Morgan fingerprint density at radius 3 is 2.50 bits per heavy atom. The van der Waals surface area contributed by atoms with Crippen molar-refractivity contribution in [2.24, 2.45) is 0 Å². The number of sulfonamides is 1. The molecule has 28 heavy (non-hydrogen) atoms. The molecule has 7 nitrogen and oxygen atoms in total. The Balaban J connectivity index is 1.43. The SMILES string of the molecule is CN1C[C@@H](NS(=O)(=O)Cc2ccccc2)C[C@H]1c1nc(-c2ccccc2)no1. The van der Waals surface area contributed by atoms with Crippen LogP contribution in [-0.2, 0) is 15.8 Å². The van der Waals surface area contributed by atoms with E-state index in [0.717, 1.165) is 11.1 Å². The Kier molecular flexibility index (Phi) is 5.25. The Morgan fingerprint density at radius 1 is 1.11 bits per heavy atom. The molecule has 0 bridgehead atoms. The second kappa shape index (κ2) is 7.83. The zero-order valence-corrected chi connectivity index (χ0v) is 16.3. The summed E-state index contributed by atoms with van der Waals surface area (Å²) < 4.78 is 33.3. The molecule has 4 rings (SSSR count). The van der Waals surface area contributed by atoms with Crippen molar-refractivity contribution < 1.29 is 12.9 Å². The number of aromatic nitrogens is 2. The summed E-state index contributed by atoms with van der Waals surface area (Å²) in [5.41, 5.74) is 1.65. The van der Waals surface area contributed by atoms with Crippen molar-refractivity contribution in [3.05, 3.63) is 72.1 Å². The van der Waals surface area contributed by atoms with Crippen molar-refractivity contribution in [2.45, 2.75) is 24.3 Å². The number of benzene rings is 2. The van der Waals surface area contributed by atoms with Crippen molar-refractivity contribution in [1.29, 1.82) is 0 Å². The molecule has 0 saturated carbocycles. The van der Waals surface area contributed by atoms with Crippen molar-refractivity contribution >= 4 is 10.0 Å². The number of likely N-dealkylation sites (N-methyl/N-ethyl adjacent to an activating group) is 1. The first kappa shape index (κ1) is 18.8. The smallest absolute Gasteiger partial charge is 0.244 e. The lowest BCUT2D eigenvalue weighted by molar-refractivity contribution is 0.244. The topological polar surface area (TPSA) is 88.3 Å². The third-order valence-electron chi connectivity index (χ3n) is 4.85. The number of hydrogen-bond donors (Lipinski definition) is 1. The third-order valence-corrected chi connectivity index (χ3v) is 6.26. The number of hydrogen-bond acceptors (Lipinski definition) is 6. The summed E-state index contributed by atoms with van der Waals surface area (Å²) in [6.07, 6.45) is 0.584. The first-order valence-corrected chi connectivity index (χ1v) is 10.8. The van der Waals surface area contributed by atoms with Gasteiger partial charge in [-0.25, -0.2) is 13.1 Å². The zero-order chi connectivity index (χ0) is 19.6. The molecule has 1 aliphatic rings. The van der Waals surface area contributed by atoms with E-state index in [0.29, 0.717) is 24.7 Å². The van der Waals surface area contributed by atoms with Gasteiger partial charge in [0.2, 0.25) is 21.7 Å². The monoisotopic (exact) mass is 398 g/mol. The predicted octanol–water partition coefficient (Wildman–Crippen LogP) is 2.60. The fourth-order valence-electron chi connectivity index (χ4n) is 3.54. The summed E-state index contributed by atoms with van der Waals surface area (Å²) in [6, 6.07) is 18.5. The number of nitrogens with zero attached hydrogens (tertiary/aromatic N) is 3. The van der Waals surface area contributed by atoms with Gasteiger partial charge in [-0.3, -0.25) is 4.90 Å². The Morgan fingerprint density at radius 2 is 1.79 bits per heavy atom. The normalized spacial score (nSPS) is 20.5. The van der Waals surface area contributed by atoms with Gasteiger partial charge in [0.1, 0.15) is 0 Å². The Bertz CT molecular complexity index is 1020. The largest absolute Gasteiger partial charge is 0.337 e. The third kappa shape index (κ3) is 4.30. The van der Waals surface area contributed by atoms with Crippen LogP contribution in [0.3, 0.4) is 0 Å². The zero-order valence-electron chi connectivity index (χ0n) is 15.5. The minimum Gasteiger partial charge on any atom is -0.337 e. The molecule has 1 saturated heterocycles. The molecule has 1 aromatic heterocycles. The van der Waals surface area contributed by atoms with Crippen LogP contribution in [0.4, 0.5) is 0 Å². The minimum atomic E-state index is -3.43. The molecule has 1 fully saturated rings. The number of nitrogens with one attached hydrogen (secondary N) is 1. The van der Waals surface area contributed by atoms with Crippen molar-refractivity contribution in [3.8, 4) is 11.4 Å². The molecule has 0 radical (unpaired) electrons. The van der Waals surface area contributed by atoms with E-state index in [1.165, 1.54) is 0 Å². The van der Waals surface area contributed by atoms with Gasteiger partial charge in [0.25, 0.3) is 0 Å². The lowest BCUT2D eigenvalue weighted by Crippen LogP contribution is -2.37. The van der Waals surface area contributed by atoms with Crippen molar-refractivity contribution in [2.75, 3.05) is 13.6 Å². The average Bonchev–Trinajstić information content (AvgIpc) is 3.29. The molecule has 0 aliphatic carbocycles. The molecule has 1 N–H and O–H groups in total. The van der Waals surface area contributed by atoms with Gasteiger partial charge in [-0.1, -0.05) is 65.8 Å². The van der Waals surface area contributed by atoms with Gasteiger partial charge in [0.15, 0.2) is 0 Å². The van der Waals surface area contributed by atoms with Gasteiger partial charge in [-0.15, -0.1) is 0 Å². The maximum atomic E-state index is 12.5. The molecule has 1 aliphatic heterocycles. The lowest BCUT2D eigenvalue weighted by Gasteiger charge is -2.14. The molecule has 8 heteroatoms. The first-order chi connectivity index (χ1) is 13.5. The molecule has 2 aromatic carbocycles. The van der Waals surface area contributed by atoms with E-state index in [2.05, 4.69) is 14.9 Å². The van der Waals surface area contributed by atoms with E-state index in [1.54, 1.807) is 0 Å². The van der Waals surface area contributed by atoms with Crippen molar-refractivity contribution in [3.63, 3.8) is 0 Å². The Hall–Kier alpha value is -2.55. The molecule has 0 spiro atoms. The van der Waals surface area contributed by atoms with Crippen LogP contribution in [0.25, 0.3) is 11.4 Å². The summed E-state index contributed by atoms with van der Waals surface area (Å²) in [5.74, 6) is 1.01. The van der Waals surface area contributed by atoms with Gasteiger partial charge < -0.3 is 4.52 Å². The van der Waals surface area contributed by atoms with E-state index < -0.39 is 10.0 Å². The summed E-state index contributed by atoms with van der Waals surface area (Å²) in [4.78, 5) is 6.55. The molecule has 2 atom stereocenters. The second-order valence-corrected chi connectivity index (χ2v) is 8.83. The molecule has 146 valence electrons. The predicted molar refractivity (Wildman–Crippen MR) is 106 cm³/mol. The molecular weight excluding hydrogens is 376 g/mol. The maximum absolute atomic E-state index is 12.5. The van der Waals surface area contributed by atoms with E-state index >= 15 is 0 Å². The highest BCUT2D eigenvalue weighted by Crippen LogP contribution is 2.31. The summed E-state index contributed by atoms with van der Waals surface area (Å²) in [6.45, 7) is 0.585. The van der Waals surface area contributed by atoms with Crippen LogP contribution in [-0.4, -0.2) is 43.1 Å².